The molecule has 0 saturated carbocycles. The Morgan fingerprint density at radius 2 is 2.04 bits per heavy atom. The van der Waals surface area contributed by atoms with Crippen LogP contribution in [0.15, 0.2) is 30.5 Å². The molecule has 0 fully saturated rings. The first-order chi connectivity index (χ1) is 11.5. The van der Waals surface area contributed by atoms with E-state index in [1.807, 2.05) is 31.2 Å². The van der Waals surface area contributed by atoms with E-state index in [2.05, 4.69) is 10.4 Å². The molecule has 0 aliphatic carbocycles. The van der Waals surface area contributed by atoms with E-state index < -0.39 is 17.9 Å². The summed E-state index contributed by atoms with van der Waals surface area (Å²) in [6, 6.07) is 6.70. The van der Waals surface area contributed by atoms with Crippen molar-refractivity contribution in [3.63, 3.8) is 0 Å². The highest BCUT2D eigenvalue weighted by atomic mass is 16.5. The third kappa shape index (κ3) is 3.80. The molecule has 2 rings (SSSR count). The van der Waals surface area contributed by atoms with Crippen LogP contribution in [0.1, 0.15) is 28.0 Å². The fourth-order valence-corrected chi connectivity index (χ4v) is 2.41. The number of benzene rings is 1. The third-order valence-corrected chi connectivity index (χ3v) is 3.81. The fourth-order valence-electron chi connectivity index (χ4n) is 2.41. The first-order valence-corrected chi connectivity index (χ1v) is 7.59. The van der Waals surface area contributed by atoms with Crippen LogP contribution < -0.4 is 5.32 Å². The smallest absolute Gasteiger partial charge is 0.326 e. The molecule has 0 aliphatic heterocycles. The Bertz CT molecular complexity index is 739. The lowest BCUT2D eigenvalue weighted by Crippen LogP contribution is -2.41. The molecule has 128 valence electrons. The molecule has 1 aromatic carbocycles. The lowest BCUT2D eigenvalue weighted by Gasteiger charge is -2.14. The van der Waals surface area contributed by atoms with Crippen molar-refractivity contribution >= 4 is 11.9 Å². The number of carbonyl (C=O) groups is 2. The standard InChI is InChI=1S/C17H21N3O4/c1-11-6-4-5-7-15(11)20-12(2)13(10-18-20)16(21)19-14(17(22)23)8-9-24-3/h4-7,10,14H,8-9H2,1-3H3,(H,19,21)(H,22,23). The molecule has 0 saturated heterocycles. The average molecular weight is 331 g/mol. The van der Waals surface area contributed by atoms with Gasteiger partial charge in [-0.1, -0.05) is 18.2 Å². The van der Waals surface area contributed by atoms with Crippen molar-refractivity contribution in [2.75, 3.05) is 13.7 Å². The minimum Gasteiger partial charge on any atom is -0.480 e. The molecule has 7 heteroatoms. The normalized spacial score (nSPS) is 12.0. The first-order valence-electron chi connectivity index (χ1n) is 7.59. The van der Waals surface area contributed by atoms with E-state index in [1.165, 1.54) is 13.3 Å². The summed E-state index contributed by atoms with van der Waals surface area (Å²) in [5.74, 6) is -1.56. The molecule has 1 heterocycles. The summed E-state index contributed by atoms with van der Waals surface area (Å²) in [6.45, 7) is 3.99. The molecule has 7 nitrogen and oxygen atoms in total. The molecular formula is C17H21N3O4. The van der Waals surface area contributed by atoms with Crippen molar-refractivity contribution < 1.29 is 19.4 Å². The number of aromatic nitrogens is 2. The summed E-state index contributed by atoms with van der Waals surface area (Å²) in [7, 11) is 1.48. The number of aryl methyl sites for hydroxylation is 1. The first kappa shape index (κ1) is 17.7. The van der Waals surface area contributed by atoms with E-state index in [0.29, 0.717) is 11.3 Å². The minimum atomic E-state index is -1.09. The van der Waals surface area contributed by atoms with Gasteiger partial charge in [0.05, 0.1) is 23.1 Å². The number of carboxylic acids is 1. The quantitative estimate of drug-likeness (QED) is 0.805. The fraction of sp³-hybridized carbons (Fsp3) is 0.353. The number of nitrogens with one attached hydrogen (secondary N) is 1. The number of nitrogens with zero attached hydrogens (tertiary/aromatic N) is 2. The van der Waals surface area contributed by atoms with E-state index in [1.54, 1.807) is 11.6 Å². The highest BCUT2D eigenvalue weighted by Gasteiger charge is 2.23. The van der Waals surface area contributed by atoms with Gasteiger partial charge in [0.15, 0.2) is 0 Å². The highest BCUT2D eigenvalue weighted by molar-refractivity contribution is 5.97. The Morgan fingerprint density at radius 1 is 1.33 bits per heavy atom. The van der Waals surface area contributed by atoms with E-state index in [-0.39, 0.29) is 13.0 Å². The number of rotatable bonds is 7. The Balaban J connectivity index is 2.22. The molecule has 24 heavy (non-hydrogen) atoms. The second kappa shape index (κ2) is 7.74. The molecule has 2 aromatic rings. The molecule has 1 unspecified atom stereocenters. The number of carbonyl (C=O) groups excluding carboxylic acids is 1. The molecule has 0 bridgehead atoms. The maximum absolute atomic E-state index is 12.4. The number of carboxylic acid groups (broad SMARTS) is 1. The van der Waals surface area contributed by atoms with E-state index in [9.17, 15) is 14.7 Å². The second-order valence-corrected chi connectivity index (χ2v) is 5.49. The third-order valence-electron chi connectivity index (χ3n) is 3.81. The second-order valence-electron chi connectivity index (χ2n) is 5.49. The van der Waals surface area contributed by atoms with E-state index >= 15 is 0 Å². The zero-order valence-corrected chi connectivity index (χ0v) is 13.9. The van der Waals surface area contributed by atoms with Crippen LogP contribution in [0.2, 0.25) is 0 Å². The zero-order valence-electron chi connectivity index (χ0n) is 13.9. The number of amides is 1. The van der Waals surface area contributed by atoms with Crippen LogP contribution in [-0.4, -0.2) is 46.5 Å². The van der Waals surface area contributed by atoms with Gasteiger partial charge in [-0.05, 0) is 25.5 Å². The van der Waals surface area contributed by atoms with Crippen molar-refractivity contribution in [3.05, 3.63) is 47.3 Å². The maximum atomic E-state index is 12.4. The molecule has 1 atom stereocenters. The van der Waals surface area contributed by atoms with Gasteiger partial charge in [0, 0.05) is 20.1 Å². The molecule has 0 aliphatic rings. The Morgan fingerprint density at radius 3 is 2.67 bits per heavy atom. The van der Waals surface area contributed by atoms with Crippen LogP contribution in [0.4, 0.5) is 0 Å². The van der Waals surface area contributed by atoms with Crippen LogP contribution in [0.5, 0.6) is 0 Å². The Kier molecular flexibility index (Phi) is 5.70. The van der Waals surface area contributed by atoms with Gasteiger partial charge >= 0.3 is 5.97 Å². The van der Waals surface area contributed by atoms with E-state index in [4.69, 9.17) is 4.74 Å². The molecule has 0 spiro atoms. The molecule has 1 aromatic heterocycles. The maximum Gasteiger partial charge on any atom is 0.326 e. The van der Waals surface area contributed by atoms with Crippen molar-refractivity contribution in [1.82, 2.24) is 15.1 Å². The number of aliphatic carboxylic acids is 1. The molecule has 2 N–H and O–H groups in total. The number of hydrogen-bond donors (Lipinski definition) is 2. The lowest BCUT2D eigenvalue weighted by molar-refractivity contribution is -0.139. The van der Waals surface area contributed by atoms with Gasteiger partial charge in [0.25, 0.3) is 5.91 Å². The van der Waals surface area contributed by atoms with Gasteiger partial charge in [0.2, 0.25) is 0 Å². The number of hydrogen-bond acceptors (Lipinski definition) is 4. The summed E-state index contributed by atoms with van der Waals surface area (Å²) in [6.07, 6.45) is 1.65. The molecular weight excluding hydrogens is 310 g/mol. The van der Waals surface area contributed by atoms with Gasteiger partial charge in [-0.25, -0.2) is 9.48 Å². The monoisotopic (exact) mass is 331 g/mol. The Labute approximate surface area is 140 Å². The van der Waals surface area contributed by atoms with Gasteiger partial charge < -0.3 is 15.2 Å². The van der Waals surface area contributed by atoms with Crippen LogP contribution in [0.25, 0.3) is 5.69 Å². The predicted octanol–water partition coefficient (Wildman–Crippen LogP) is 1.71. The summed E-state index contributed by atoms with van der Waals surface area (Å²) < 4.78 is 6.55. The Hall–Kier alpha value is -2.67. The van der Waals surface area contributed by atoms with Gasteiger partial charge in [-0.2, -0.15) is 5.10 Å². The van der Waals surface area contributed by atoms with Gasteiger partial charge in [-0.3, -0.25) is 4.79 Å². The number of ether oxygens (including phenoxy) is 1. The predicted molar refractivity (Wildman–Crippen MR) is 88.4 cm³/mol. The van der Waals surface area contributed by atoms with Crippen LogP contribution in [0.3, 0.4) is 0 Å². The summed E-state index contributed by atoms with van der Waals surface area (Å²) in [4.78, 5) is 23.6. The summed E-state index contributed by atoms with van der Waals surface area (Å²) >= 11 is 0. The zero-order chi connectivity index (χ0) is 17.7. The van der Waals surface area contributed by atoms with Crippen molar-refractivity contribution in [2.45, 2.75) is 26.3 Å². The summed E-state index contributed by atoms with van der Waals surface area (Å²) in [5, 5.41) is 16.0. The molecule has 0 radical (unpaired) electrons. The van der Waals surface area contributed by atoms with Gasteiger partial charge in [0.1, 0.15) is 6.04 Å². The SMILES string of the molecule is COCCC(NC(=O)c1cnn(-c2ccccc2C)c1C)C(=O)O. The highest BCUT2D eigenvalue weighted by Crippen LogP contribution is 2.17. The average Bonchev–Trinajstić information content (AvgIpc) is 2.93. The van der Waals surface area contributed by atoms with Crippen molar-refractivity contribution in [2.24, 2.45) is 0 Å². The largest absolute Gasteiger partial charge is 0.480 e. The van der Waals surface area contributed by atoms with Crippen LogP contribution in [0, 0.1) is 13.8 Å². The van der Waals surface area contributed by atoms with Gasteiger partial charge in [-0.15, -0.1) is 0 Å². The topological polar surface area (TPSA) is 93.5 Å². The number of methoxy groups -OCH3 is 1. The lowest BCUT2D eigenvalue weighted by atomic mass is 10.1. The number of para-hydroxylation sites is 1. The minimum absolute atomic E-state index is 0.197. The van der Waals surface area contributed by atoms with Crippen LogP contribution in [-0.2, 0) is 9.53 Å². The van der Waals surface area contributed by atoms with Crippen LogP contribution >= 0.6 is 0 Å². The summed E-state index contributed by atoms with van der Waals surface area (Å²) in [5.41, 5.74) is 2.90. The van der Waals surface area contributed by atoms with Crippen molar-refractivity contribution in [3.8, 4) is 5.69 Å². The molecule has 1 amide bonds. The van der Waals surface area contributed by atoms with Crippen molar-refractivity contribution in [1.29, 1.82) is 0 Å². The van der Waals surface area contributed by atoms with E-state index in [0.717, 1.165) is 11.3 Å².